The number of nitrogens with zero attached hydrogens (tertiary/aromatic N) is 4. The molecule has 2 aromatic heterocycles. The summed E-state index contributed by atoms with van der Waals surface area (Å²) >= 11 is 7.58. The Morgan fingerprint density at radius 1 is 1.05 bits per heavy atom. The van der Waals surface area contributed by atoms with Crippen molar-refractivity contribution in [2.45, 2.75) is 41.5 Å². The van der Waals surface area contributed by atoms with Crippen LogP contribution in [0.3, 0.4) is 0 Å². The lowest BCUT2D eigenvalue weighted by atomic mass is 10.2. The molecule has 0 atom stereocenters. The molecular formula is C28H29ClF4N6O2S2. The molecule has 2 N–H and O–H groups in total. The van der Waals surface area contributed by atoms with Crippen molar-refractivity contribution in [2.24, 2.45) is 0 Å². The van der Waals surface area contributed by atoms with Crippen LogP contribution < -0.4 is 15.0 Å². The number of aromatic amines is 1. The van der Waals surface area contributed by atoms with Crippen LogP contribution in [0, 0.1) is 30.2 Å². The first kappa shape index (κ1) is 32.7. The Morgan fingerprint density at radius 3 is 2.44 bits per heavy atom. The molecule has 1 saturated heterocycles. The summed E-state index contributed by atoms with van der Waals surface area (Å²) in [6.07, 6.45) is 0. The smallest absolute Gasteiger partial charge is 0.204 e. The molecule has 2 aromatic carbocycles. The summed E-state index contributed by atoms with van der Waals surface area (Å²) in [6.45, 7) is 8.05. The predicted molar refractivity (Wildman–Crippen MR) is 161 cm³/mol. The first-order valence-corrected chi connectivity index (χ1v) is 15.4. The van der Waals surface area contributed by atoms with E-state index in [0.717, 1.165) is 29.2 Å². The van der Waals surface area contributed by atoms with Crippen LogP contribution in [0.2, 0.25) is 5.02 Å². The van der Waals surface area contributed by atoms with E-state index in [1.165, 1.54) is 19.2 Å². The number of anilines is 3. The Bertz CT molecular complexity index is 1550. The normalized spacial score (nSPS) is 13.0. The fraction of sp³-hybridized carbons (Fsp3) is 0.321. The minimum atomic E-state index is -1.32. The topological polar surface area (TPSA) is 88.2 Å². The van der Waals surface area contributed by atoms with Gasteiger partial charge in [0.2, 0.25) is 5.75 Å². The van der Waals surface area contributed by atoms with Crippen molar-refractivity contribution in [3.05, 3.63) is 69.9 Å². The number of nitrogens with one attached hydrogen (secondary N) is 2. The first-order valence-electron chi connectivity index (χ1n) is 13.2. The lowest BCUT2D eigenvalue weighted by Crippen LogP contribution is -2.37. The number of benzene rings is 2. The lowest BCUT2D eigenvalue weighted by Gasteiger charge is -2.29. The van der Waals surface area contributed by atoms with Gasteiger partial charge in [-0.25, -0.2) is 27.5 Å². The van der Waals surface area contributed by atoms with Gasteiger partial charge in [0, 0.05) is 41.1 Å². The SMILES string of the molecule is CC.COc1c(Nc2cc(C)[nH]n2)nc(Sc2ccc(SCc3c(F)c(F)cc(Cl)c3F)cc2F)nc1N1CCOCC1. The maximum absolute atomic E-state index is 15.2. The standard InChI is InChI=1S/C26H23ClF4N6O2S2.C2H6/c1-13-9-20(36-35-13)32-24-23(38-2)25(37-5-7-39-8-6-37)34-26(33-24)41-19-4-3-14(10-17(19)28)40-12-15-21(30)16(27)11-18(29)22(15)31;1-2/h3-4,9-11H,5-8,12H2,1-2H3,(H2,32,33,34,35,36);1-2H3. The molecule has 230 valence electrons. The van der Waals surface area contributed by atoms with Gasteiger partial charge in [0.1, 0.15) is 11.6 Å². The van der Waals surface area contributed by atoms with Gasteiger partial charge in [-0.2, -0.15) is 5.10 Å². The van der Waals surface area contributed by atoms with Crippen molar-refractivity contribution in [1.82, 2.24) is 20.2 Å². The molecule has 0 bridgehead atoms. The van der Waals surface area contributed by atoms with E-state index < -0.39 is 33.9 Å². The van der Waals surface area contributed by atoms with Crippen molar-refractivity contribution in [2.75, 3.05) is 43.6 Å². The maximum Gasteiger partial charge on any atom is 0.204 e. The first-order chi connectivity index (χ1) is 20.7. The number of hydrogen-bond acceptors (Lipinski definition) is 9. The van der Waals surface area contributed by atoms with Crippen molar-refractivity contribution in [3.8, 4) is 5.75 Å². The minimum Gasteiger partial charge on any atom is -0.490 e. The van der Waals surface area contributed by atoms with Gasteiger partial charge in [0.15, 0.2) is 34.2 Å². The number of hydrogen-bond donors (Lipinski definition) is 2. The second kappa shape index (κ2) is 15.0. The number of H-pyrrole nitrogens is 1. The van der Waals surface area contributed by atoms with Gasteiger partial charge in [-0.3, -0.25) is 5.10 Å². The van der Waals surface area contributed by atoms with Crippen LogP contribution >= 0.6 is 35.1 Å². The van der Waals surface area contributed by atoms with Gasteiger partial charge in [0.25, 0.3) is 0 Å². The van der Waals surface area contributed by atoms with Crippen LogP contribution in [-0.4, -0.2) is 53.6 Å². The quantitative estimate of drug-likeness (QED) is 0.0812. The van der Waals surface area contributed by atoms with E-state index in [9.17, 15) is 13.2 Å². The van der Waals surface area contributed by atoms with Crippen LogP contribution in [0.15, 0.2) is 45.3 Å². The number of aryl methyl sites for hydroxylation is 1. The lowest BCUT2D eigenvalue weighted by molar-refractivity contribution is 0.122. The summed E-state index contributed by atoms with van der Waals surface area (Å²) in [4.78, 5) is 11.9. The zero-order valence-corrected chi connectivity index (χ0v) is 26.1. The molecule has 1 aliphatic heterocycles. The second-order valence-electron chi connectivity index (χ2n) is 8.80. The van der Waals surface area contributed by atoms with Gasteiger partial charge in [0.05, 0.1) is 30.2 Å². The second-order valence-corrected chi connectivity index (χ2v) is 11.3. The molecule has 0 amide bonds. The van der Waals surface area contributed by atoms with Crippen LogP contribution in [0.4, 0.5) is 35.0 Å². The summed E-state index contributed by atoms with van der Waals surface area (Å²) in [6, 6.07) is 6.70. The zero-order valence-electron chi connectivity index (χ0n) is 23.7. The highest BCUT2D eigenvalue weighted by Crippen LogP contribution is 2.39. The third-order valence-corrected chi connectivity index (χ3v) is 8.20. The number of halogens is 5. The highest BCUT2D eigenvalue weighted by Gasteiger charge is 2.24. The highest BCUT2D eigenvalue weighted by atomic mass is 35.5. The summed E-state index contributed by atoms with van der Waals surface area (Å²) in [7, 11) is 1.52. The van der Waals surface area contributed by atoms with Gasteiger partial charge in [-0.15, -0.1) is 11.8 Å². The molecule has 15 heteroatoms. The Kier molecular flexibility index (Phi) is 11.4. The average Bonchev–Trinajstić information content (AvgIpc) is 3.42. The minimum absolute atomic E-state index is 0.222. The third-order valence-electron chi connectivity index (χ3n) is 5.98. The van der Waals surface area contributed by atoms with Crippen molar-refractivity contribution >= 4 is 52.6 Å². The number of ether oxygens (including phenoxy) is 2. The van der Waals surface area contributed by atoms with Crippen molar-refractivity contribution in [3.63, 3.8) is 0 Å². The molecule has 1 fully saturated rings. The van der Waals surface area contributed by atoms with Crippen LogP contribution in [0.25, 0.3) is 0 Å². The van der Waals surface area contributed by atoms with Gasteiger partial charge in [-0.1, -0.05) is 25.4 Å². The van der Waals surface area contributed by atoms with Crippen molar-refractivity contribution < 1.29 is 27.0 Å². The number of morpholine rings is 1. The summed E-state index contributed by atoms with van der Waals surface area (Å²) in [5.41, 5.74) is 0.322. The summed E-state index contributed by atoms with van der Waals surface area (Å²) < 4.78 is 68.4. The Hall–Kier alpha value is -3.20. The molecule has 0 saturated carbocycles. The number of rotatable bonds is 9. The van der Waals surface area contributed by atoms with Crippen LogP contribution in [0.5, 0.6) is 5.75 Å². The zero-order chi connectivity index (χ0) is 31.1. The molecule has 43 heavy (non-hydrogen) atoms. The molecule has 5 rings (SSSR count). The van der Waals surface area contributed by atoms with E-state index in [-0.39, 0.29) is 15.8 Å². The van der Waals surface area contributed by atoms with E-state index in [1.54, 1.807) is 12.1 Å². The van der Waals surface area contributed by atoms with Crippen LogP contribution in [0.1, 0.15) is 25.1 Å². The fourth-order valence-corrected chi connectivity index (χ4v) is 5.87. The predicted octanol–water partition coefficient (Wildman–Crippen LogP) is 7.78. The monoisotopic (exact) mass is 656 g/mol. The summed E-state index contributed by atoms with van der Waals surface area (Å²) in [5.74, 6) is -2.71. The summed E-state index contributed by atoms with van der Waals surface area (Å²) in [5, 5.41) is 9.92. The number of thioether (sulfide) groups is 1. The van der Waals surface area contributed by atoms with Crippen molar-refractivity contribution in [1.29, 1.82) is 0 Å². The van der Waals surface area contributed by atoms with E-state index in [0.29, 0.717) is 60.5 Å². The molecule has 0 aliphatic carbocycles. The Balaban J connectivity index is 0.00000207. The molecular weight excluding hydrogens is 628 g/mol. The number of aromatic nitrogens is 4. The molecule has 4 aromatic rings. The average molecular weight is 657 g/mol. The third kappa shape index (κ3) is 7.85. The number of methoxy groups -OCH3 is 1. The van der Waals surface area contributed by atoms with Gasteiger partial charge in [-0.05, 0) is 43.0 Å². The van der Waals surface area contributed by atoms with E-state index in [1.807, 2.05) is 25.7 Å². The van der Waals surface area contributed by atoms with E-state index >= 15 is 4.39 Å². The Morgan fingerprint density at radius 2 is 1.79 bits per heavy atom. The van der Waals surface area contributed by atoms with E-state index in [2.05, 4.69) is 25.5 Å². The molecule has 0 spiro atoms. The fourth-order valence-electron chi connectivity index (χ4n) is 3.99. The van der Waals surface area contributed by atoms with E-state index in [4.69, 9.17) is 21.1 Å². The van der Waals surface area contributed by atoms with Gasteiger partial charge >= 0.3 is 0 Å². The molecule has 1 aliphatic rings. The largest absolute Gasteiger partial charge is 0.490 e. The molecule has 0 unspecified atom stereocenters. The molecule has 0 radical (unpaired) electrons. The molecule has 8 nitrogen and oxygen atoms in total. The molecule has 3 heterocycles. The van der Waals surface area contributed by atoms with Gasteiger partial charge < -0.3 is 19.7 Å². The maximum atomic E-state index is 15.2. The Labute approximate surface area is 259 Å². The highest BCUT2D eigenvalue weighted by molar-refractivity contribution is 7.99. The van der Waals surface area contributed by atoms with Crippen LogP contribution in [-0.2, 0) is 10.5 Å².